The third-order valence-electron chi connectivity index (χ3n) is 6.44. The Morgan fingerprint density at radius 1 is 0.921 bits per heavy atom. The van der Waals surface area contributed by atoms with Crippen LogP contribution in [-0.2, 0) is 26.2 Å². The van der Waals surface area contributed by atoms with Gasteiger partial charge in [0.05, 0.1) is 10.6 Å². The minimum absolute atomic E-state index is 0.0191. The topological polar surface area (TPSA) is 86.8 Å². The fraction of sp³-hybridized carbons (Fsp3) is 0.286. The van der Waals surface area contributed by atoms with Crippen LogP contribution in [-0.4, -0.2) is 44.8 Å². The highest BCUT2D eigenvalue weighted by Gasteiger charge is 2.32. The summed E-state index contributed by atoms with van der Waals surface area (Å²) >= 11 is 12.4. The number of carbonyl (C=O) groups is 2. The summed E-state index contributed by atoms with van der Waals surface area (Å²) in [5.41, 5.74) is 3.68. The van der Waals surface area contributed by atoms with E-state index in [4.69, 9.17) is 23.2 Å². The first-order valence-electron chi connectivity index (χ1n) is 12.0. The molecule has 0 aromatic heterocycles. The van der Waals surface area contributed by atoms with Crippen LogP contribution in [0.5, 0.6) is 0 Å². The Kier molecular flexibility index (Phi) is 9.46. The van der Waals surface area contributed by atoms with E-state index < -0.39 is 34.4 Å². The van der Waals surface area contributed by atoms with Crippen molar-refractivity contribution >= 4 is 50.7 Å². The Balaban J connectivity index is 2.07. The SMILES string of the molecule is CNC(=O)[C@H](C)N(Cc1ccc(Cl)cc1Cl)C(=O)CN(c1ccc(C)c(C)c1)S(=O)(=O)c1ccc(C)cc1. The molecule has 0 spiro atoms. The summed E-state index contributed by atoms with van der Waals surface area (Å²) in [5.74, 6) is -0.969. The molecule has 0 aliphatic rings. The molecule has 0 aliphatic heterocycles. The van der Waals surface area contributed by atoms with Crippen LogP contribution in [0.3, 0.4) is 0 Å². The van der Waals surface area contributed by atoms with Crippen molar-refractivity contribution in [2.75, 3.05) is 17.9 Å². The Morgan fingerprint density at radius 3 is 2.16 bits per heavy atom. The van der Waals surface area contributed by atoms with E-state index in [0.717, 1.165) is 21.0 Å². The standard InChI is InChI=1S/C28H31Cl2N3O4S/c1-18-6-12-25(13-7-18)38(36,37)33(24-11-8-19(2)20(3)14-24)17-27(34)32(21(4)28(35)31-5)16-22-9-10-23(29)15-26(22)30/h6-15,21H,16-17H2,1-5H3,(H,31,35)/t21-/m0/s1. The molecule has 202 valence electrons. The molecular weight excluding hydrogens is 545 g/mol. The molecule has 7 nitrogen and oxygen atoms in total. The number of nitrogens with one attached hydrogen (secondary N) is 1. The van der Waals surface area contributed by atoms with Crippen LogP contribution in [0, 0.1) is 20.8 Å². The summed E-state index contributed by atoms with van der Waals surface area (Å²) < 4.78 is 28.8. The molecule has 1 atom stereocenters. The van der Waals surface area contributed by atoms with Gasteiger partial charge in [-0.05, 0) is 80.8 Å². The number of nitrogens with zero attached hydrogens (tertiary/aromatic N) is 2. The van der Waals surface area contributed by atoms with E-state index in [-0.39, 0.29) is 11.4 Å². The van der Waals surface area contributed by atoms with E-state index >= 15 is 0 Å². The quantitative estimate of drug-likeness (QED) is 0.376. The lowest BCUT2D eigenvalue weighted by molar-refractivity contribution is -0.139. The lowest BCUT2D eigenvalue weighted by atomic mass is 10.1. The molecule has 38 heavy (non-hydrogen) atoms. The molecule has 0 radical (unpaired) electrons. The van der Waals surface area contributed by atoms with Crippen molar-refractivity contribution in [1.29, 1.82) is 0 Å². The summed E-state index contributed by atoms with van der Waals surface area (Å²) in [5, 5.41) is 3.31. The van der Waals surface area contributed by atoms with Gasteiger partial charge in [-0.25, -0.2) is 8.42 Å². The van der Waals surface area contributed by atoms with Gasteiger partial charge in [-0.3, -0.25) is 13.9 Å². The first kappa shape index (κ1) is 29.5. The maximum Gasteiger partial charge on any atom is 0.264 e. The van der Waals surface area contributed by atoms with Crippen LogP contribution in [0.1, 0.15) is 29.2 Å². The van der Waals surface area contributed by atoms with Crippen LogP contribution in [0.2, 0.25) is 10.0 Å². The van der Waals surface area contributed by atoms with Crippen molar-refractivity contribution in [1.82, 2.24) is 10.2 Å². The minimum Gasteiger partial charge on any atom is -0.357 e. The summed E-state index contributed by atoms with van der Waals surface area (Å²) in [4.78, 5) is 27.8. The van der Waals surface area contributed by atoms with Crippen LogP contribution >= 0.6 is 23.2 Å². The first-order valence-corrected chi connectivity index (χ1v) is 14.2. The average molecular weight is 577 g/mol. The Hall–Kier alpha value is -3.07. The maximum atomic E-state index is 13.8. The molecule has 0 fully saturated rings. The number of aryl methyl sites for hydroxylation is 3. The average Bonchev–Trinajstić information content (AvgIpc) is 2.87. The van der Waals surface area contributed by atoms with Gasteiger partial charge in [-0.1, -0.05) is 53.0 Å². The fourth-order valence-corrected chi connectivity index (χ4v) is 5.75. The van der Waals surface area contributed by atoms with Gasteiger partial charge in [0.15, 0.2) is 0 Å². The molecule has 0 saturated carbocycles. The van der Waals surface area contributed by atoms with Crippen LogP contribution in [0.15, 0.2) is 65.6 Å². The number of hydrogen-bond donors (Lipinski definition) is 1. The fourth-order valence-electron chi connectivity index (χ4n) is 3.87. The van der Waals surface area contributed by atoms with Crippen molar-refractivity contribution in [2.45, 2.75) is 45.2 Å². The van der Waals surface area contributed by atoms with E-state index in [1.165, 1.54) is 24.1 Å². The highest BCUT2D eigenvalue weighted by molar-refractivity contribution is 7.92. The molecule has 0 aliphatic carbocycles. The van der Waals surface area contributed by atoms with E-state index in [1.54, 1.807) is 49.4 Å². The van der Waals surface area contributed by atoms with Crippen LogP contribution < -0.4 is 9.62 Å². The van der Waals surface area contributed by atoms with Crippen LogP contribution in [0.4, 0.5) is 5.69 Å². The zero-order chi connectivity index (χ0) is 28.2. The van der Waals surface area contributed by atoms with Gasteiger partial charge in [0.2, 0.25) is 11.8 Å². The predicted molar refractivity (Wildman–Crippen MR) is 152 cm³/mol. The summed E-state index contributed by atoms with van der Waals surface area (Å²) in [7, 11) is -2.65. The Labute approximate surface area is 234 Å². The summed E-state index contributed by atoms with van der Waals surface area (Å²) in [6, 6.07) is 15.6. The van der Waals surface area contributed by atoms with Gasteiger partial charge in [0, 0.05) is 23.6 Å². The van der Waals surface area contributed by atoms with E-state index in [9.17, 15) is 18.0 Å². The van der Waals surface area contributed by atoms with Gasteiger partial charge in [-0.2, -0.15) is 0 Å². The van der Waals surface area contributed by atoms with Gasteiger partial charge >= 0.3 is 0 Å². The number of benzene rings is 3. The molecule has 3 aromatic rings. The number of halogens is 2. The number of rotatable bonds is 9. The molecule has 3 aromatic carbocycles. The number of hydrogen-bond acceptors (Lipinski definition) is 4. The smallest absolute Gasteiger partial charge is 0.264 e. The zero-order valence-corrected chi connectivity index (χ0v) is 24.3. The third kappa shape index (κ3) is 6.67. The Bertz CT molecular complexity index is 1440. The van der Waals surface area contributed by atoms with E-state index in [2.05, 4.69) is 5.32 Å². The summed E-state index contributed by atoms with van der Waals surface area (Å²) in [6.45, 7) is 6.70. The second kappa shape index (κ2) is 12.2. The van der Waals surface area contributed by atoms with Crippen molar-refractivity contribution in [2.24, 2.45) is 0 Å². The second-order valence-electron chi connectivity index (χ2n) is 9.14. The third-order valence-corrected chi connectivity index (χ3v) is 8.81. The Morgan fingerprint density at radius 2 is 1.58 bits per heavy atom. The normalized spacial score (nSPS) is 12.1. The number of carbonyl (C=O) groups excluding carboxylic acids is 2. The molecule has 2 amide bonds. The highest BCUT2D eigenvalue weighted by Crippen LogP contribution is 2.28. The maximum absolute atomic E-state index is 13.8. The number of likely N-dealkylation sites (N-methyl/N-ethyl adjacent to an activating group) is 1. The van der Waals surface area contributed by atoms with Crippen molar-refractivity contribution in [3.05, 3.63) is 93.0 Å². The van der Waals surface area contributed by atoms with Crippen molar-refractivity contribution in [3.8, 4) is 0 Å². The largest absolute Gasteiger partial charge is 0.357 e. The molecule has 0 bridgehead atoms. The summed E-state index contributed by atoms with van der Waals surface area (Å²) in [6.07, 6.45) is 0. The number of anilines is 1. The highest BCUT2D eigenvalue weighted by atomic mass is 35.5. The molecule has 0 heterocycles. The minimum atomic E-state index is -4.13. The molecule has 10 heteroatoms. The monoisotopic (exact) mass is 575 g/mol. The number of sulfonamides is 1. The predicted octanol–water partition coefficient (Wildman–Crippen LogP) is 5.28. The lowest BCUT2D eigenvalue weighted by Gasteiger charge is -2.32. The zero-order valence-electron chi connectivity index (χ0n) is 22.0. The number of amides is 2. The molecule has 0 saturated heterocycles. The van der Waals surface area contributed by atoms with Gasteiger partial charge < -0.3 is 10.2 Å². The van der Waals surface area contributed by atoms with Gasteiger partial charge in [0.25, 0.3) is 10.0 Å². The first-order chi connectivity index (χ1) is 17.8. The van der Waals surface area contributed by atoms with E-state index in [1.807, 2.05) is 26.8 Å². The second-order valence-corrected chi connectivity index (χ2v) is 11.8. The molecule has 0 unspecified atom stereocenters. The lowest BCUT2D eigenvalue weighted by Crippen LogP contribution is -2.50. The van der Waals surface area contributed by atoms with E-state index in [0.29, 0.717) is 21.3 Å². The van der Waals surface area contributed by atoms with Crippen molar-refractivity contribution < 1.29 is 18.0 Å². The molecular formula is C28H31Cl2N3O4S. The van der Waals surface area contributed by atoms with Crippen molar-refractivity contribution in [3.63, 3.8) is 0 Å². The van der Waals surface area contributed by atoms with Crippen LogP contribution in [0.25, 0.3) is 0 Å². The van der Waals surface area contributed by atoms with Gasteiger partial charge in [-0.15, -0.1) is 0 Å². The molecule has 3 rings (SSSR count). The van der Waals surface area contributed by atoms with Gasteiger partial charge in [0.1, 0.15) is 12.6 Å². The molecule has 1 N–H and O–H groups in total.